The van der Waals surface area contributed by atoms with E-state index >= 15 is 0 Å². The summed E-state index contributed by atoms with van der Waals surface area (Å²) < 4.78 is 0. The maximum atomic E-state index is 10.4. The maximum absolute atomic E-state index is 10.4. The molecule has 0 saturated heterocycles. The molecule has 0 radical (unpaired) electrons. The third-order valence-electron chi connectivity index (χ3n) is 0.871. The number of nitrogens with zero attached hydrogens (tertiary/aromatic N) is 2. The van der Waals surface area contributed by atoms with Gasteiger partial charge in [0.05, 0.1) is 0 Å². The van der Waals surface area contributed by atoms with Gasteiger partial charge >= 0.3 is 6.03 Å². The van der Waals surface area contributed by atoms with Gasteiger partial charge in [0, 0.05) is 0 Å². The Morgan fingerprint density at radius 3 is 2.23 bits per heavy atom. The molecule has 10 heteroatoms. The normalized spacial score (nSPS) is 10.4. The van der Waals surface area contributed by atoms with E-state index in [0.717, 1.165) is 0 Å². The van der Waals surface area contributed by atoms with E-state index in [0.29, 0.717) is 5.01 Å². The van der Waals surface area contributed by atoms with Crippen molar-refractivity contribution in [3.05, 3.63) is 0 Å². The molecule has 2 amide bonds. The molecule has 0 aliphatic rings. The van der Waals surface area contributed by atoms with Crippen molar-refractivity contribution < 1.29 is 4.79 Å². The van der Waals surface area contributed by atoms with Crippen molar-refractivity contribution in [1.82, 2.24) is 16.0 Å². The molecule has 11 N–H and O–H groups in total. The molecule has 0 aliphatic carbocycles. The minimum absolute atomic E-state index is 0.325. The van der Waals surface area contributed by atoms with Gasteiger partial charge in [0.2, 0.25) is 11.9 Å². The molecule has 0 unspecified atom stereocenters. The highest BCUT2D eigenvalue weighted by Gasteiger charge is 2.12. The minimum Gasteiger partial charge on any atom is -0.368 e. The van der Waals surface area contributed by atoms with E-state index in [2.05, 4.69) is 5.10 Å². The summed E-state index contributed by atoms with van der Waals surface area (Å²) in [5.74, 6) is 3.91. The summed E-state index contributed by atoms with van der Waals surface area (Å²) in [6, 6.07) is -0.939. The molecule has 0 saturated carbocycles. The Morgan fingerprint density at radius 1 is 1.38 bits per heavy atom. The van der Waals surface area contributed by atoms with Crippen LogP contribution in [-0.2, 0) is 0 Å². The molecule has 10 nitrogen and oxygen atoms in total. The van der Waals surface area contributed by atoms with Crippen LogP contribution in [0.25, 0.3) is 0 Å². The Morgan fingerprint density at radius 2 is 1.92 bits per heavy atom. The van der Waals surface area contributed by atoms with Crippen LogP contribution in [0.15, 0.2) is 5.10 Å². The van der Waals surface area contributed by atoms with Gasteiger partial charge in [-0.15, -0.1) is 5.10 Å². The van der Waals surface area contributed by atoms with E-state index in [1.165, 1.54) is 0 Å². The van der Waals surface area contributed by atoms with Crippen LogP contribution in [0.5, 0.6) is 0 Å². The predicted octanol–water partition coefficient (Wildman–Crippen LogP) is -3.54. The van der Waals surface area contributed by atoms with Gasteiger partial charge in [-0.25, -0.2) is 21.6 Å². The summed E-state index contributed by atoms with van der Waals surface area (Å²) in [4.78, 5) is 10.4. The molecule has 0 bridgehead atoms. The molecule has 0 spiro atoms. The van der Waals surface area contributed by atoms with E-state index in [4.69, 9.17) is 28.5 Å². The molecule has 0 aromatic carbocycles. The molecular formula is C3H11N9O. The second-order valence-electron chi connectivity index (χ2n) is 1.80. The predicted molar refractivity (Wildman–Crippen MR) is 45.4 cm³/mol. The second kappa shape index (κ2) is 4.61. The molecular weight excluding hydrogens is 178 g/mol. The Labute approximate surface area is 73.3 Å². The lowest BCUT2D eigenvalue weighted by Gasteiger charge is -2.19. The summed E-state index contributed by atoms with van der Waals surface area (Å²) in [6.45, 7) is 0. The van der Waals surface area contributed by atoms with E-state index in [9.17, 15) is 4.79 Å². The van der Waals surface area contributed by atoms with Crippen LogP contribution in [0.2, 0.25) is 0 Å². The number of urea groups is 1. The zero-order chi connectivity index (χ0) is 10.4. The fourth-order valence-corrected chi connectivity index (χ4v) is 0.467. The monoisotopic (exact) mass is 189 g/mol. The maximum Gasteiger partial charge on any atom is 0.331 e. The van der Waals surface area contributed by atoms with Crippen molar-refractivity contribution in [2.75, 3.05) is 0 Å². The van der Waals surface area contributed by atoms with Crippen molar-refractivity contribution in [3.8, 4) is 0 Å². The van der Waals surface area contributed by atoms with Gasteiger partial charge in [0.1, 0.15) is 0 Å². The Balaban J connectivity index is 4.51. The van der Waals surface area contributed by atoms with Gasteiger partial charge in [-0.05, 0) is 0 Å². The van der Waals surface area contributed by atoms with E-state index < -0.39 is 12.0 Å². The fourth-order valence-electron chi connectivity index (χ4n) is 0.467. The van der Waals surface area contributed by atoms with Crippen LogP contribution in [0.4, 0.5) is 4.79 Å². The van der Waals surface area contributed by atoms with Crippen LogP contribution in [0.1, 0.15) is 0 Å². The summed E-state index contributed by atoms with van der Waals surface area (Å²) in [5, 5.41) is 10.9. The van der Waals surface area contributed by atoms with Crippen LogP contribution in [0, 0.1) is 5.41 Å². The van der Waals surface area contributed by atoms with Crippen LogP contribution >= 0.6 is 0 Å². The third kappa shape index (κ3) is 3.62. The first-order valence-corrected chi connectivity index (χ1v) is 2.98. The van der Waals surface area contributed by atoms with Gasteiger partial charge in [-0.2, -0.15) is 5.01 Å². The van der Waals surface area contributed by atoms with Gasteiger partial charge in [-0.1, -0.05) is 0 Å². The number of hydrogen-bond acceptors (Lipinski definition) is 5. The molecule has 0 heterocycles. The van der Waals surface area contributed by atoms with Gasteiger partial charge in [0.15, 0.2) is 0 Å². The average Bonchev–Trinajstić information content (AvgIpc) is 1.99. The van der Waals surface area contributed by atoms with Crippen molar-refractivity contribution in [2.24, 2.45) is 28.1 Å². The zero-order valence-electron chi connectivity index (χ0n) is 6.61. The molecule has 0 aromatic heterocycles. The molecule has 0 aliphatic heterocycles. The second-order valence-corrected chi connectivity index (χ2v) is 1.80. The zero-order valence-corrected chi connectivity index (χ0v) is 6.61. The van der Waals surface area contributed by atoms with Crippen LogP contribution < -0.4 is 34.0 Å². The third-order valence-corrected chi connectivity index (χ3v) is 0.871. The van der Waals surface area contributed by atoms with Crippen LogP contribution in [-0.4, -0.2) is 23.0 Å². The minimum atomic E-state index is -0.939. The molecule has 13 heavy (non-hydrogen) atoms. The highest BCUT2D eigenvalue weighted by molar-refractivity contribution is 5.97. The first-order valence-electron chi connectivity index (χ1n) is 2.98. The lowest BCUT2D eigenvalue weighted by molar-refractivity contribution is 0.238. The SMILES string of the molecule is N=C(N)N(NC(N)=O)C(N)=NNN. The Kier molecular flexibility index (Phi) is 3.82. The van der Waals surface area contributed by atoms with Crippen molar-refractivity contribution >= 4 is 18.0 Å². The van der Waals surface area contributed by atoms with Gasteiger partial charge < -0.3 is 17.2 Å². The summed E-state index contributed by atoms with van der Waals surface area (Å²) in [6.07, 6.45) is 0. The number of hydrazine groups is 2. The highest BCUT2D eigenvalue weighted by atomic mass is 16.2. The van der Waals surface area contributed by atoms with Gasteiger partial charge in [-0.3, -0.25) is 5.41 Å². The highest BCUT2D eigenvalue weighted by Crippen LogP contribution is 1.78. The number of carbonyl (C=O) groups is 1. The van der Waals surface area contributed by atoms with Crippen molar-refractivity contribution in [3.63, 3.8) is 0 Å². The van der Waals surface area contributed by atoms with E-state index in [-0.39, 0.29) is 5.96 Å². The largest absolute Gasteiger partial charge is 0.368 e. The summed E-state index contributed by atoms with van der Waals surface area (Å²) in [7, 11) is 0. The fraction of sp³-hybridized carbons (Fsp3) is 0. The Hall–Kier alpha value is -2.23. The number of carbonyl (C=O) groups excluding carboxylic acids is 1. The smallest absolute Gasteiger partial charge is 0.331 e. The first-order chi connectivity index (χ1) is 5.99. The summed E-state index contributed by atoms with van der Waals surface area (Å²) >= 11 is 0. The van der Waals surface area contributed by atoms with Crippen molar-refractivity contribution in [1.29, 1.82) is 5.41 Å². The topological polar surface area (TPSA) is 185 Å². The number of hydrogen-bond donors (Lipinski definition) is 7. The summed E-state index contributed by atoms with van der Waals surface area (Å²) in [5.41, 5.74) is 18.8. The quantitative estimate of drug-likeness (QED) is 0.0968. The number of primary amides is 1. The molecule has 0 aromatic rings. The van der Waals surface area contributed by atoms with E-state index in [1.807, 2.05) is 11.0 Å². The standard InChI is InChI=1S/C3H11N9O/c4-1(5)12(10-3(7)13)2(6)9-11-8/h11H,8H2,(H3,4,5)(H2,6,9)(H3,7,10,13). The number of guanidine groups is 2. The average molecular weight is 189 g/mol. The molecule has 74 valence electrons. The molecule has 0 atom stereocenters. The number of amides is 2. The number of hydrazone groups is 1. The number of nitrogens with two attached hydrogens (primary N) is 4. The Bertz CT molecular complexity index is 233. The van der Waals surface area contributed by atoms with Crippen LogP contribution in [0.3, 0.4) is 0 Å². The van der Waals surface area contributed by atoms with E-state index in [1.54, 1.807) is 0 Å². The lowest BCUT2D eigenvalue weighted by atomic mass is 10.8. The first kappa shape index (κ1) is 10.8. The molecule has 0 rings (SSSR count). The van der Waals surface area contributed by atoms with Gasteiger partial charge in [0.25, 0.3) is 0 Å². The molecule has 0 fully saturated rings. The number of nitrogens with one attached hydrogen (secondary N) is 3. The van der Waals surface area contributed by atoms with Crippen molar-refractivity contribution in [2.45, 2.75) is 0 Å². The number of rotatable bonds is 1. The lowest BCUT2D eigenvalue weighted by Crippen LogP contribution is -2.57.